The highest BCUT2D eigenvalue weighted by Gasteiger charge is 2.18. The molecule has 100 valence electrons. The number of hydrogen-bond donors (Lipinski definition) is 1. The minimum atomic E-state index is -0.353. The number of likely N-dealkylation sites (N-methyl/N-ethyl adjacent to an activating group) is 1. The third kappa shape index (κ3) is 3.38. The van der Waals surface area contributed by atoms with Gasteiger partial charge in [-0.05, 0) is 34.6 Å². The van der Waals surface area contributed by atoms with Gasteiger partial charge in [0.15, 0.2) is 0 Å². The molecule has 0 aliphatic carbocycles. The minimum absolute atomic E-state index is 0.0434. The lowest BCUT2D eigenvalue weighted by molar-refractivity contribution is -0.131. The predicted octanol–water partition coefficient (Wildman–Crippen LogP) is 1.16. The molecule has 0 radical (unpaired) electrons. The van der Waals surface area contributed by atoms with Crippen LogP contribution >= 0.6 is 0 Å². The van der Waals surface area contributed by atoms with Crippen molar-refractivity contribution in [1.82, 2.24) is 20.1 Å². The van der Waals surface area contributed by atoms with E-state index in [4.69, 9.17) is 0 Å². The van der Waals surface area contributed by atoms with Gasteiger partial charge in [-0.3, -0.25) is 4.79 Å². The SMILES string of the molecule is CCN(CC)C(=O)C(C)Nc1nnc(C)c(C)n1. The van der Waals surface area contributed by atoms with Crippen molar-refractivity contribution in [3.63, 3.8) is 0 Å². The molecule has 0 aliphatic rings. The van der Waals surface area contributed by atoms with Crippen LogP contribution in [0.4, 0.5) is 5.95 Å². The number of amides is 1. The second kappa shape index (κ2) is 6.28. The maximum absolute atomic E-state index is 12.0. The van der Waals surface area contributed by atoms with Crippen molar-refractivity contribution in [3.8, 4) is 0 Å². The summed E-state index contributed by atoms with van der Waals surface area (Å²) in [6.07, 6.45) is 0. The van der Waals surface area contributed by atoms with Gasteiger partial charge < -0.3 is 10.2 Å². The Morgan fingerprint density at radius 2 is 1.83 bits per heavy atom. The molecular formula is C12H21N5O. The molecule has 1 aromatic rings. The summed E-state index contributed by atoms with van der Waals surface area (Å²) in [6, 6.07) is -0.353. The van der Waals surface area contributed by atoms with Crippen molar-refractivity contribution in [2.75, 3.05) is 18.4 Å². The Hall–Kier alpha value is -1.72. The van der Waals surface area contributed by atoms with Crippen LogP contribution in [-0.2, 0) is 4.79 Å². The van der Waals surface area contributed by atoms with Crippen LogP contribution < -0.4 is 5.32 Å². The molecule has 0 aromatic carbocycles. The fraction of sp³-hybridized carbons (Fsp3) is 0.667. The molecule has 1 atom stereocenters. The summed E-state index contributed by atoms with van der Waals surface area (Å²) in [5.41, 5.74) is 1.61. The van der Waals surface area contributed by atoms with E-state index >= 15 is 0 Å². The Morgan fingerprint density at radius 1 is 1.22 bits per heavy atom. The quantitative estimate of drug-likeness (QED) is 0.850. The maximum Gasteiger partial charge on any atom is 0.244 e. The van der Waals surface area contributed by atoms with E-state index in [1.807, 2.05) is 27.7 Å². The first-order chi connectivity index (χ1) is 8.49. The Labute approximate surface area is 108 Å². The number of aromatic nitrogens is 3. The van der Waals surface area contributed by atoms with Crippen LogP contribution in [0.1, 0.15) is 32.2 Å². The second-order valence-corrected chi connectivity index (χ2v) is 4.18. The molecule has 1 unspecified atom stereocenters. The zero-order valence-electron chi connectivity index (χ0n) is 11.7. The maximum atomic E-state index is 12.0. The van der Waals surface area contributed by atoms with Crippen molar-refractivity contribution < 1.29 is 4.79 Å². The van der Waals surface area contributed by atoms with Crippen LogP contribution in [-0.4, -0.2) is 45.1 Å². The first-order valence-electron chi connectivity index (χ1n) is 6.22. The fourth-order valence-electron chi connectivity index (χ4n) is 1.58. The molecule has 1 rings (SSSR count). The molecule has 0 saturated heterocycles. The van der Waals surface area contributed by atoms with E-state index in [9.17, 15) is 4.79 Å². The fourth-order valence-corrected chi connectivity index (χ4v) is 1.58. The lowest BCUT2D eigenvalue weighted by Gasteiger charge is -2.23. The van der Waals surface area contributed by atoms with Crippen LogP contribution in [0.5, 0.6) is 0 Å². The van der Waals surface area contributed by atoms with E-state index in [0.717, 1.165) is 11.4 Å². The third-order valence-electron chi connectivity index (χ3n) is 2.88. The highest BCUT2D eigenvalue weighted by Crippen LogP contribution is 2.05. The molecule has 0 aliphatic heterocycles. The predicted molar refractivity (Wildman–Crippen MR) is 70.3 cm³/mol. The lowest BCUT2D eigenvalue weighted by Crippen LogP contribution is -2.41. The molecule has 6 nitrogen and oxygen atoms in total. The third-order valence-corrected chi connectivity index (χ3v) is 2.88. The summed E-state index contributed by atoms with van der Waals surface area (Å²) >= 11 is 0. The van der Waals surface area contributed by atoms with Crippen LogP contribution in [0.25, 0.3) is 0 Å². The average molecular weight is 251 g/mol. The van der Waals surface area contributed by atoms with E-state index < -0.39 is 0 Å². The largest absolute Gasteiger partial charge is 0.341 e. The average Bonchev–Trinajstić information content (AvgIpc) is 2.35. The van der Waals surface area contributed by atoms with Gasteiger partial charge in [0, 0.05) is 13.1 Å². The van der Waals surface area contributed by atoms with Gasteiger partial charge in [-0.15, -0.1) is 5.10 Å². The van der Waals surface area contributed by atoms with Crippen LogP contribution in [0, 0.1) is 13.8 Å². The molecule has 0 fully saturated rings. The van der Waals surface area contributed by atoms with Crippen LogP contribution in [0.15, 0.2) is 0 Å². The summed E-state index contributed by atoms with van der Waals surface area (Å²) in [6.45, 7) is 10.8. The Balaban J connectivity index is 2.71. The Morgan fingerprint density at radius 3 is 2.33 bits per heavy atom. The van der Waals surface area contributed by atoms with Gasteiger partial charge >= 0.3 is 0 Å². The number of carbonyl (C=O) groups is 1. The first-order valence-corrected chi connectivity index (χ1v) is 6.22. The molecule has 0 bridgehead atoms. The van der Waals surface area contributed by atoms with Gasteiger partial charge in [-0.2, -0.15) is 5.10 Å². The van der Waals surface area contributed by atoms with Gasteiger partial charge in [0.25, 0.3) is 0 Å². The van der Waals surface area contributed by atoms with E-state index in [1.54, 1.807) is 11.8 Å². The molecule has 0 saturated carbocycles. The summed E-state index contributed by atoms with van der Waals surface area (Å²) < 4.78 is 0. The van der Waals surface area contributed by atoms with Crippen LogP contribution in [0.3, 0.4) is 0 Å². The van der Waals surface area contributed by atoms with E-state index in [0.29, 0.717) is 19.0 Å². The number of nitrogens with one attached hydrogen (secondary N) is 1. The van der Waals surface area contributed by atoms with Gasteiger partial charge in [-0.1, -0.05) is 0 Å². The molecule has 1 N–H and O–H groups in total. The molecule has 1 amide bonds. The monoisotopic (exact) mass is 251 g/mol. The number of aryl methyl sites for hydroxylation is 2. The second-order valence-electron chi connectivity index (χ2n) is 4.18. The molecular weight excluding hydrogens is 230 g/mol. The Kier molecular flexibility index (Phi) is 5.00. The lowest BCUT2D eigenvalue weighted by atomic mass is 10.3. The highest BCUT2D eigenvalue weighted by molar-refractivity contribution is 5.83. The number of rotatable bonds is 5. The molecule has 1 heterocycles. The van der Waals surface area contributed by atoms with Crippen molar-refractivity contribution >= 4 is 11.9 Å². The zero-order chi connectivity index (χ0) is 13.7. The smallest absolute Gasteiger partial charge is 0.244 e. The van der Waals surface area contributed by atoms with Crippen molar-refractivity contribution in [1.29, 1.82) is 0 Å². The number of nitrogens with zero attached hydrogens (tertiary/aromatic N) is 4. The number of carbonyl (C=O) groups excluding carboxylic acids is 1. The standard InChI is InChI=1S/C12H21N5O/c1-6-17(7-2)11(18)10(5)14-12-13-8(3)9(4)15-16-12/h10H,6-7H2,1-5H3,(H,13,14,16). The van der Waals surface area contributed by atoms with Gasteiger partial charge in [0.2, 0.25) is 11.9 Å². The number of hydrogen-bond acceptors (Lipinski definition) is 5. The van der Waals surface area contributed by atoms with Crippen LogP contribution in [0.2, 0.25) is 0 Å². The van der Waals surface area contributed by atoms with Gasteiger partial charge in [0.05, 0.1) is 11.4 Å². The topological polar surface area (TPSA) is 71.0 Å². The summed E-state index contributed by atoms with van der Waals surface area (Å²) in [5, 5.41) is 10.9. The van der Waals surface area contributed by atoms with Crippen molar-refractivity contribution in [3.05, 3.63) is 11.4 Å². The highest BCUT2D eigenvalue weighted by atomic mass is 16.2. The van der Waals surface area contributed by atoms with E-state index in [-0.39, 0.29) is 11.9 Å². The molecule has 6 heteroatoms. The van der Waals surface area contributed by atoms with E-state index in [1.165, 1.54) is 0 Å². The van der Waals surface area contributed by atoms with Gasteiger partial charge in [-0.25, -0.2) is 4.98 Å². The molecule has 0 spiro atoms. The van der Waals surface area contributed by atoms with Crippen molar-refractivity contribution in [2.45, 2.75) is 40.7 Å². The summed E-state index contributed by atoms with van der Waals surface area (Å²) in [4.78, 5) is 18.1. The molecule has 18 heavy (non-hydrogen) atoms. The van der Waals surface area contributed by atoms with Gasteiger partial charge in [0.1, 0.15) is 6.04 Å². The minimum Gasteiger partial charge on any atom is -0.341 e. The summed E-state index contributed by atoms with van der Waals surface area (Å²) in [7, 11) is 0. The normalized spacial score (nSPS) is 12.1. The van der Waals surface area contributed by atoms with Crippen molar-refractivity contribution in [2.24, 2.45) is 0 Å². The first kappa shape index (κ1) is 14.3. The Bertz CT molecular complexity index is 417. The number of anilines is 1. The molecule has 1 aromatic heterocycles. The zero-order valence-corrected chi connectivity index (χ0v) is 11.7. The summed E-state index contributed by atoms with van der Waals surface area (Å²) in [5.74, 6) is 0.438. The van der Waals surface area contributed by atoms with E-state index in [2.05, 4.69) is 20.5 Å².